The lowest BCUT2D eigenvalue weighted by Gasteiger charge is -2.15. The molecule has 1 rings (SSSR count). The van der Waals surface area contributed by atoms with Gasteiger partial charge < -0.3 is 10.1 Å². The smallest absolute Gasteiger partial charge is 0.389 e. The van der Waals surface area contributed by atoms with Gasteiger partial charge in [-0.25, -0.2) is 0 Å². The van der Waals surface area contributed by atoms with Gasteiger partial charge in [-0.1, -0.05) is 12.1 Å². The number of hydrogen-bond donors (Lipinski definition) is 1. The van der Waals surface area contributed by atoms with Gasteiger partial charge in [-0.3, -0.25) is 0 Å². The lowest BCUT2D eigenvalue weighted by molar-refractivity contribution is -0.135. The first kappa shape index (κ1) is 15.8. The minimum absolute atomic E-state index is 0.0314. The Bertz CT molecular complexity index is 362. The molecule has 0 aromatic heterocycles. The number of benzene rings is 1. The monoisotopic (exact) mass is 275 g/mol. The van der Waals surface area contributed by atoms with E-state index in [1.807, 2.05) is 38.1 Å². The predicted molar refractivity (Wildman–Crippen MR) is 69.3 cm³/mol. The van der Waals surface area contributed by atoms with Crippen molar-refractivity contribution in [2.75, 3.05) is 13.2 Å². The van der Waals surface area contributed by atoms with Crippen molar-refractivity contribution in [1.29, 1.82) is 0 Å². The van der Waals surface area contributed by atoms with E-state index in [1.165, 1.54) is 0 Å². The van der Waals surface area contributed by atoms with Gasteiger partial charge in [0.25, 0.3) is 0 Å². The molecule has 5 heteroatoms. The zero-order valence-electron chi connectivity index (χ0n) is 11.3. The highest BCUT2D eigenvalue weighted by atomic mass is 19.4. The number of nitrogens with one attached hydrogen (secondary N) is 1. The summed E-state index contributed by atoms with van der Waals surface area (Å²) in [5, 5.41) is 3.08. The van der Waals surface area contributed by atoms with Crippen molar-refractivity contribution >= 4 is 0 Å². The molecular weight excluding hydrogens is 255 g/mol. The Morgan fingerprint density at radius 2 is 1.84 bits per heavy atom. The van der Waals surface area contributed by atoms with Crippen molar-refractivity contribution in [1.82, 2.24) is 5.32 Å². The van der Waals surface area contributed by atoms with Crippen LogP contribution in [0.25, 0.3) is 0 Å². The minimum Gasteiger partial charge on any atom is -0.494 e. The van der Waals surface area contributed by atoms with Gasteiger partial charge in [0.15, 0.2) is 0 Å². The molecule has 1 aromatic rings. The van der Waals surface area contributed by atoms with Crippen LogP contribution in [0.3, 0.4) is 0 Å². The molecule has 1 atom stereocenters. The Morgan fingerprint density at radius 1 is 1.21 bits per heavy atom. The van der Waals surface area contributed by atoms with Crippen LogP contribution >= 0.6 is 0 Å². The summed E-state index contributed by atoms with van der Waals surface area (Å²) in [4.78, 5) is 0. The van der Waals surface area contributed by atoms with Gasteiger partial charge in [-0.05, 0) is 44.5 Å². The van der Waals surface area contributed by atoms with Crippen LogP contribution in [0.15, 0.2) is 24.3 Å². The van der Waals surface area contributed by atoms with Crippen molar-refractivity contribution in [2.24, 2.45) is 0 Å². The summed E-state index contributed by atoms with van der Waals surface area (Å²) in [6.07, 6.45) is -4.70. The molecule has 0 aliphatic rings. The molecule has 0 aliphatic heterocycles. The molecule has 0 fully saturated rings. The maximum atomic E-state index is 12.0. The molecule has 0 aliphatic carbocycles. The van der Waals surface area contributed by atoms with Crippen LogP contribution in [-0.2, 0) is 0 Å². The third kappa shape index (κ3) is 6.47. The van der Waals surface area contributed by atoms with Gasteiger partial charge >= 0.3 is 6.18 Å². The molecule has 108 valence electrons. The topological polar surface area (TPSA) is 21.3 Å². The third-order valence-corrected chi connectivity index (χ3v) is 2.78. The Kier molecular flexibility index (Phi) is 6.15. The standard InChI is InChI=1S/C14H20F3NO/c1-3-19-13-7-5-12(6-8-13)11(2)18-10-4-9-14(15,16)17/h5-8,11,18H,3-4,9-10H2,1-2H3. The van der Waals surface area contributed by atoms with Crippen LogP contribution in [0.5, 0.6) is 5.75 Å². The van der Waals surface area contributed by atoms with Crippen LogP contribution in [0.1, 0.15) is 38.3 Å². The van der Waals surface area contributed by atoms with Crippen LogP contribution in [-0.4, -0.2) is 19.3 Å². The van der Waals surface area contributed by atoms with E-state index < -0.39 is 12.6 Å². The number of hydrogen-bond acceptors (Lipinski definition) is 2. The van der Waals surface area contributed by atoms with E-state index in [9.17, 15) is 13.2 Å². The second-order valence-electron chi connectivity index (χ2n) is 4.40. The normalized spacial score (nSPS) is 13.3. The van der Waals surface area contributed by atoms with E-state index in [2.05, 4.69) is 5.32 Å². The minimum atomic E-state index is -4.07. The molecule has 0 spiro atoms. The van der Waals surface area contributed by atoms with Crippen molar-refractivity contribution in [3.63, 3.8) is 0 Å². The molecule has 0 saturated carbocycles. The molecule has 2 nitrogen and oxygen atoms in total. The summed E-state index contributed by atoms with van der Waals surface area (Å²) in [5.41, 5.74) is 1.04. The Balaban J connectivity index is 2.34. The molecule has 1 N–H and O–H groups in total. The molecule has 0 bridgehead atoms. The zero-order valence-corrected chi connectivity index (χ0v) is 11.3. The van der Waals surface area contributed by atoms with Crippen LogP contribution < -0.4 is 10.1 Å². The second-order valence-corrected chi connectivity index (χ2v) is 4.40. The fourth-order valence-electron chi connectivity index (χ4n) is 1.74. The fraction of sp³-hybridized carbons (Fsp3) is 0.571. The highest BCUT2D eigenvalue weighted by Crippen LogP contribution is 2.21. The molecular formula is C14H20F3NO. The van der Waals surface area contributed by atoms with E-state index in [-0.39, 0.29) is 12.5 Å². The summed E-state index contributed by atoms with van der Waals surface area (Å²) in [6.45, 7) is 4.82. The Hall–Kier alpha value is -1.23. The molecule has 19 heavy (non-hydrogen) atoms. The molecule has 1 aromatic carbocycles. The van der Waals surface area contributed by atoms with Crippen molar-refractivity contribution in [2.45, 2.75) is 38.9 Å². The maximum Gasteiger partial charge on any atom is 0.389 e. The summed E-state index contributed by atoms with van der Waals surface area (Å²) in [7, 11) is 0. The first-order valence-corrected chi connectivity index (χ1v) is 6.45. The lowest BCUT2D eigenvalue weighted by atomic mass is 10.1. The summed E-state index contributed by atoms with van der Waals surface area (Å²) >= 11 is 0. The van der Waals surface area contributed by atoms with Crippen LogP contribution in [0.4, 0.5) is 13.2 Å². The van der Waals surface area contributed by atoms with E-state index in [1.54, 1.807) is 0 Å². The molecule has 0 radical (unpaired) electrons. The molecule has 1 unspecified atom stereocenters. The molecule has 0 amide bonds. The van der Waals surface area contributed by atoms with Crippen molar-refractivity contribution in [3.8, 4) is 5.75 Å². The molecule has 0 heterocycles. The average Bonchev–Trinajstić information content (AvgIpc) is 2.34. The number of ether oxygens (including phenoxy) is 1. The second kappa shape index (κ2) is 7.38. The van der Waals surface area contributed by atoms with E-state index in [4.69, 9.17) is 4.74 Å². The van der Waals surface area contributed by atoms with E-state index in [0.29, 0.717) is 13.2 Å². The maximum absolute atomic E-state index is 12.0. The predicted octanol–water partition coefficient (Wildman–Crippen LogP) is 4.08. The quantitative estimate of drug-likeness (QED) is 0.757. The average molecular weight is 275 g/mol. The first-order valence-electron chi connectivity index (χ1n) is 6.45. The third-order valence-electron chi connectivity index (χ3n) is 2.78. The lowest BCUT2D eigenvalue weighted by Crippen LogP contribution is -2.21. The largest absolute Gasteiger partial charge is 0.494 e. The van der Waals surface area contributed by atoms with Crippen molar-refractivity contribution < 1.29 is 17.9 Å². The molecule has 0 saturated heterocycles. The highest BCUT2D eigenvalue weighted by molar-refractivity contribution is 5.28. The van der Waals surface area contributed by atoms with Crippen LogP contribution in [0.2, 0.25) is 0 Å². The fourth-order valence-corrected chi connectivity index (χ4v) is 1.74. The number of halogens is 3. The van der Waals surface area contributed by atoms with E-state index in [0.717, 1.165) is 11.3 Å². The van der Waals surface area contributed by atoms with Crippen molar-refractivity contribution in [3.05, 3.63) is 29.8 Å². The van der Waals surface area contributed by atoms with Gasteiger partial charge in [0.05, 0.1) is 6.61 Å². The Labute approximate surface area is 112 Å². The summed E-state index contributed by atoms with van der Waals surface area (Å²) in [6, 6.07) is 7.61. The SMILES string of the molecule is CCOc1ccc(C(C)NCCCC(F)(F)F)cc1. The zero-order chi connectivity index (χ0) is 14.3. The Morgan fingerprint density at radius 3 is 2.37 bits per heavy atom. The first-order chi connectivity index (χ1) is 8.92. The van der Waals surface area contributed by atoms with Gasteiger partial charge in [0, 0.05) is 12.5 Å². The van der Waals surface area contributed by atoms with Gasteiger partial charge in [0.2, 0.25) is 0 Å². The van der Waals surface area contributed by atoms with Crippen LogP contribution in [0, 0.1) is 0 Å². The summed E-state index contributed by atoms with van der Waals surface area (Å²) in [5.74, 6) is 0.801. The van der Waals surface area contributed by atoms with Gasteiger partial charge in [-0.2, -0.15) is 13.2 Å². The van der Waals surface area contributed by atoms with Gasteiger partial charge in [0.1, 0.15) is 5.75 Å². The number of rotatable bonds is 7. The summed E-state index contributed by atoms with van der Waals surface area (Å²) < 4.78 is 41.3. The van der Waals surface area contributed by atoms with Gasteiger partial charge in [-0.15, -0.1) is 0 Å². The number of alkyl halides is 3. The van der Waals surface area contributed by atoms with E-state index >= 15 is 0 Å². The highest BCUT2D eigenvalue weighted by Gasteiger charge is 2.25.